The van der Waals surface area contributed by atoms with Crippen LogP contribution in [0.4, 0.5) is 29.0 Å². The van der Waals surface area contributed by atoms with E-state index in [-0.39, 0.29) is 0 Å². The monoisotopic (exact) mass is 437 g/mol. The molecule has 6 heteroatoms. The lowest BCUT2D eigenvalue weighted by atomic mass is 10.1. The van der Waals surface area contributed by atoms with Crippen molar-refractivity contribution in [3.63, 3.8) is 0 Å². The Morgan fingerprint density at radius 2 is 1.24 bits per heavy atom. The number of rotatable bonds is 7. The van der Waals surface area contributed by atoms with Gasteiger partial charge in [0, 0.05) is 30.5 Å². The molecule has 0 bridgehead atoms. The number of hydrogen-bond acceptors (Lipinski definition) is 6. The van der Waals surface area contributed by atoms with Crippen LogP contribution in [0.3, 0.4) is 0 Å². The molecule has 0 radical (unpaired) electrons. The molecule has 6 nitrogen and oxygen atoms in total. The summed E-state index contributed by atoms with van der Waals surface area (Å²) in [6, 6.07) is 28.5. The topological polar surface area (TPSA) is 62.3 Å². The molecule has 1 saturated heterocycles. The summed E-state index contributed by atoms with van der Waals surface area (Å²) in [5.74, 6) is 3.08. The van der Waals surface area contributed by atoms with Crippen molar-refractivity contribution in [1.29, 1.82) is 0 Å². The number of nitrogens with one attached hydrogen (secondary N) is 2. The Morgan fingerprint density at radius 1 is 0.697 bits per heavy atom. The van der Waals surface area contributed by atoms with E-state index < -0.39 is 0 Å². The van der Waals surface area contributed by atoms with E-state index in [2.05, 4.69) is 64.1 Å². The summed E-state index contributed by atoms with van der Waals surface area (Å²) in [7, 11) is 1.67. The molecule has 1 aliphatic rings. The third kappa shape index (κ3) is 5.06. The number of methoxy groups -OCH3 is 1. The largest absolute Gasteiger partial charge is 0.497 e. The molecule has 1 aromatic heterocycles. The summed E-state index contributed by atoms with van der Waals surface area (Å²) in [5, 5.41) is 6.86. The van der Waals surface area contributed by atoms with Crippen LogP contribution in [0.5, 0.6) is 5.75 Å². The Hall–Kier alpha value is -4.06. The number of nitrogens with zero attached hydrogens (tertiary/aromatic N) is 3. The quantitative estimate of drug-likeness (QED) is 0.357. The van der Waals surface area contributed by atoms with E-state index in [0.717, 1.165) is 47.8 Å². The molecular weight excluding hydrogens is 410 g/mol. The van der Waals surface area contributed by atoms with Crippen LogP contribution in [0.15, 0.2) is 84.9 Å². The Labute approximate surface area is 194 Å². The first-order valence-electron chi connectivity index (χ1n) is 11.2. The van der Waals surface area contributed by atoms with Crippen LogP contribution in [0, 0.1) is 0 Å². The fourth-order valence-corrected chi connectivity index (χ4v) is 3.97. The first-order valence-corrected chi connectivity index (χ1v) is 11.2. The fraction of sp³-hybridized carbons (Fsp3) is 0.185. The fourth-order valence-electron chi connectivity index (χ4n) is 3.97. The Kier molecular flexibility index (Phi) is 6.06. The van der Waals surface area contributed by atoms with Crippen LogP contribution in [0.25, 0.3) is 11.1 Å². The Morgan fingerprint density at radius 3 is 1.82 bits per heavy atom. The van der Waals surface area contributed by atoms with Crippen molar-refractivity contribution in [3.8, 4) is 16.9 Å². The molecule has 0 saturated carbocycles. The molecule has 1 fully saturated rings. The van der Waals surface area contributed by atoms with Crippen molar-refractivity contribution in [2.45, 2.75) is 12.8 Å². The van der Waals surface area contributed by atoms with Gasteiger partial charge in [0.1, 0.15) is 17.4 Å². The minimum atomic E-state index is 0.745. The number of aromatic nitrogens is 2. The van der Waals surface area contributed by atoms with E-state index in [1.54, 1.807) is 7.11 Å². The van der Waals surface area contributed by atoms with Crippen LogP contribution in [0.1, 0.15) is 12.8 Å². The number of benzene rings is 3. The van der Waals surface area contributed by atoms with Gasteiger partial charge in [-0.3, -0.25) is 0 Å². The zero-order valence-electron chi connectivity index (χ0n) is 18.7. The van der Waals surface area contributed by atoms with Crippen molar-refractivity contribution < 1.29 is 4.74 Å². The molecule has 0 unspecified atom stereocenters. The number of hydrogen-bond donors (Lipinski definition) is 2. The van der Waals surface area contributed by atoms with Gasteiger partial charge in [0.15, 0.2) is 0 Å². The van der Waals surface area contributed by atoms with E-state index in [9.17, 15) is 0 Å². The van der Waals surface area contributed by atoms with Gasteiger partial charge in [-0.1, -0.05) is 42.5 Å². The highest BCUT2D eigenvalue weighted by atomic mass is 16.5. The van der Waals surface area contributed by atoms with Crippen LogP contribution in [-0.4, -0.2) is 30.2 Å². The standard InChI is InChI=1S/C27H27N5O/c1-33-24-15-13-23(14-16-24)29-26-19-25(30-27(31-26)32-17-5-6-18-32)28-22-11-9-21(10-12-22)20-7-3-2-4-8-20/h2-4,7-16,19H,5-6,17-18H2,1H3,(H2,28,29,30,31). The van der Waals surface area contributed by atoms with Crippen molar-refractivity contribution >= 4 is 29.0 Å². The smallest absolute Gasteiger partial charge is 0.229 e. The second-order valence-corrected chi connectivity index (χ2v) is 8.05. The lowest BCUT2D eigenvalue weighted by Crippen LogP contribution is -2.21. The summed E-state index contributed by atoms with van der Waals surface area (Å²) in [6.45, 7) is 1.97. The van der Waals surface area contributed by atoms with Gasteiger partial charge in [0.05, 0.1) is 7.11 Å². The summed E-state index contributed by atoms with van der Waals surface area (Å²) >= 11 is 0. The molecule has 166 valence electrons. The van der Waals surface area contributed by atoms with Crippen LogP contribution in [-0.2, 0) is 0 Å². The third-order valence-electron chi connectivity index (χ3n) is 5.73. The minimum absolute atomic E-state index is 0.745. The predicted molar refractivity (Wildman–Crippen MR) is 135 cm³/mol. The van der Waals surface area contributed by atoms with E-state index in [1.807, 2.05) is 36.4 Å². The van der Waals surface area contributed by atoms with Gasteiger partial charge in [-0.15, -0.1) is 0 Å². The minimum Gasteiger partial charge on any atom is -0.497 e. The third-order valence-corrected chi connectivity index (χ3v) is 5.73. The maximum atomic E-state index is 5.26. The molecule has 33 heavy (non-hydrogen) atoms. The molecule has 2 heterocycles. The first-order chi connectivity index (χ1) is 16.3. The highest BCUT2D eigenvalue weighted by Gasteiger charge is 2.17. The maximum absolute atomic E-state index is 5.26. The SMILES string of the molecule is COc1ccc(Nc2cc(Nc3ccc(-c4ccccc4)cc3)nc(N3CCCC3)n2)cc1. The first kappa shape index (κ1) is 20.8. The summed E-state index contributed by atoms with van der Waals surface area (Å²) in [4.78, 5) is 11.8. The van der Waals surface area contributed by atoms with E-state index in [1.165, 1.54) is 24.0 Å². The average Bonchev–Trinajstić information content (AvgIpc) is 3.41. The van der Waals surface area contributed by atoms with Crippen LogP contribution < -0.4 is 20.3 Å². The molecule has 3 aromatic carbocycles. The Balaban J connectivity index is 1.39. The molecule has 2 N–H and O–H groups in total. The van der Waals surface area contributed by atoms with E-state index in [4.69, 9.17) is 14.7 Å². The molecular formula is C27H27N5O. The molecule has 4 aromatic rings. The zero-order valence-corrected chi connectivity index (χ0v) is 18.7. The van der Waals surface area contributed by atoms with Crippen LogP contribution in [0.2, 0.25) is 0 Å². The second-order valence-electron chi connectivity index (χ2n) is 8.05. The lowest BCUT2D eigenvalue weighted by Gasteiger charge is -2.18. The molecule has 1 aliphatic heterocycles. The highest BCUT2D eigenvalue weighted by Crippen LogP contribution is 2.27. The predicted octanol–water partition coefficient (Wildman–Crippen LogP) is 6.24. The normalized spacial score (nSPS) is 13.1. The van der Waals surface area contributed by atoms with Crippen molar-refractivity contribution in [2.24, 2.45) is 0 Å². The molecule has 0 amide bonds. The molecule has 0 aliphatic carbocycles. The van der Waals surface area contributed by atoms with Gasteiger partial charge in [-0.05, 0) is 60.4 Å². The van der Waals surface area contributed by atoms with Gasteiger partial charge in [0.2, 0.25) is 5.95 Å². The lowest BCUT2D eigenvalue weighted by molar-refractivity contribution is 0.415. The van der Waals surface area contributed by atoms with Gasteiger partial charge in [-0.25, -0.2) is 0 Å². The van der Waals surface area contributed by atoms with Gasteiger partial charge < -0.3 is 20.3 Å². The number of anilines is 5. The summed E-state index contributed by atoms with van der Waals surface area (Å²) in [5.41, 5.74) is 4.31. The van der Waals surface area contributed by atoms with Crippen molar-refractivity contribution in [3.05, 3.63) is 84.9 Å². The number of ether oxygens (including phenoxy) is 1. The van der Waals surface area contributed by atoms with Gasteiger partial charge >= 0.3 is 0 Å². The Bertz CT molecular complexity index is 1190. The highest BCUT2D eigenvalue weighted by molar-refractivity contribution is 5.69. The maximum Gasteiger partial charge on any atom is 0.229 e. The van der Waals surface area contributed by atoms with E-state index in [0.29, 0.717) is 0 Å². The van der Waals surface area contributed by atoms with E-state index >= 15 is 0 Å². The van der Waals surface area contributed by atoms with Crippen molar-refractivity contribution in [2.75, 3.05) is 35.7 Å². The second kappa shape index (κ2) is 9.61. The summed E-state index contributed by atoms with van der Waals surface area (Å²) < 4.78 is 5.26. The summed E-state index contributed by atoms with van der Waals surface area (Å²) in [6.07, 6.45) is 2.34. The molecule has 0 spiro atoms. The molecule has 5 rings (SSSR count). The average molecular weight is 438 g/mol. The van der Waals surface area contributed by atoms with Gasteiger partial charge in [0.25, 0.3) is 0 Å². The molecule has 0 atom stereocenters. The van der Waals surface area contributed by atoms with Gasteiger partial charge in [-0.2, -0.15) is 9.97 Å². The van der Waals surface area contributed by atoms with Crippen LogP contribution >= 0.6 is 0 Å². The van der Waals surface area contributed by atoms with Crippen molar-refractivity contribution in [1.82, 2.24) is 9.97 Å². The zero-order chi connectivity index (χ0) is 22.5.